The lowest BCUT2D eigenvalue weighted by molar-refractivity contribution is -0.0511. The summed E-state index contributed by atoms with van der Waals surface area (Å²) < 4.78 is 8.68. The number of hydrogen-bond donors (Lipinski definition) is 5. The predicted molar refractivity (Wildman–Crippen MR) is 133 cm³/mol. The van der Waals surface area contributed by atoms with E-state index < -0.39 is 31.1 Å². The molecule has 6 N–H and O–H groups in total. The third-order valence-electron chi connectivity index (χ3n) is 6.42. The summed E-state index contributed by atoms with van der Waals surface area (Å²) in [7, 11) is 0. The SMILES string of the molecule is Cc1ccc(-n2nc(CCCNc3ncnc4c3ncn4[C@@H]3O[C@H](CO)[C@@H](O)[C@H]3O)c(C#N)c2N)cc1. The van der Waals surface area contributed by atoms with Crippen LogP contribution in [-0.4, -0.2) is 76.1 Å². The van der Waals surface area contributed by atoms with Gasteiger partial charge in [0, 0.05) is 6.54 Å². The molecule has 1 fully saturated rings. The summed E-state index contributed by atoms with van der Waals surface area (Å²) >= 11 is 0. The number of nitrogens with one attached hydrogen (secondary N) is 1. The average molecular weight is 506 g/mol. The molecule has 4 aromatic rings. The van der Waals surface area contributed by atoms with E-state index in [0.29, 0.717) is 53.4 Å². The lowest BCUT2D eigenvalue weighted by Gasteiger charge is -2.16. The number of aliphatic hydroxyl groups is 3. The number of benzene rings is 1. The molecule has 1 aliphatic heterocycles. The molecule has 1 aromatic carbocycles. The second-order valence-corrected chi connectivity index (χ2v) is 8.87. The largest absolute Gasteiger partial charge is 0.394 e. The molecule has 5 rings (SSSR count). The lowest BCUT2D eigenvalue weighted by Crippen LogP contribution is -2.33. The standard InChI is InChI=1S/C24H27N9O4/c1-13-4-6-14(7-5-13)33-21(26)15(9-25)16(31-33)3-2-8-27-22-18-23(29-11-28-22)32(12-30-18)24-20(36)19(35)17(10-34)37-24/h4-7,11-12,17,19-20,24,34-36H,2-3,8,10,26H2,1H3,(H,27,28,29)/t17-,19-,20-,24-/m1/s1. The van der Waals surface area contributed by atoms with Gasteiger partial charge >= 0.3 is 0 Å². The van der Waals surface area contributed by atoms with Crippen molar-refractivity contribution in [2.45, 2.75) is 44.3 Å². The van der Waals surface area contributed by atoms with Gasteiger partial charge in [0.25, 0.3) is 0 Å². The minimum atomic E-state index is -1.25. The van der Waals surface area contributed by atoms with Crippen molar-refractivity contribution in [1.29, 1.82) is 5.26 Å². The van der Waals surface area contributed by atoms with Crippen LogP contribution in [0, 0.1) is 18.3 Å². The summed E-state index contributed by atoms with van der Waals surface area (Å²) in [5.41, 5.74) is 9.96. The quantitative estimate of drug-likeness (QED) is 0.208. The highest BCUT2D eigenvalue weighted by Crippen LogP contribution is 2.32. The first-order valence-electron chi connectivity index (χ1n) is 11.8. The van der Waals surface area contributed by atoms with Crippen LogP contribution in [-0.2, 0) is 11.2 Å². The number of nitriles is 1. The van der Waals surface area contributed by atoms with Gasteiger partial charge in [-0.1, -0.05) is 17.7 Å². The molecule has 3 aromatic heterocycles. The maximum atomic E-state index is 10.4. The van der Waals surface area contributed by atoms with Crippen LogP contribution in [0.5, 0.6) is 0 Å². The van der Waals surface area contributed by atoms with Gasteiger partial charge < -0.3 is 31.1 Å². The fourth-order valence-corrected chi connectivity index (χ4v) is 4.40. The zero-order valence-electron chi connectivity index (χ0n) is 20.1. The molecular formula is C24H27N9O4. The molecule has 0 saturated carbocycles. The molecule has 37 heavy (non-hydrogen) atoms. The first-order chi connectivity index (χ1) is 17.9. The molecule has 0 unspecified atom stereocenters. The maximum absolute atomic E-state index is 10.4. The maximum Gasteiger partial charge on any atom is 0.167 e. The van der Waals surface area contributed by atoms with Gasteiger partial charge in [0.2, 0.25) is 0 Å². The minimum absolute atomic E-state index is 0.308. The van der Waals surface area contributed by atoms with Crippen LogP contribution in [0.1, 0.15) is 29.5 Å². The van der Waals surface area contributed by atoms with Crippen LogP contribution in [0.3, 0.4) is 0 Å². The van der Waals surface area contributed by atoms with Crippen molar-refractivity contribution in [1.82, 2.24) is 29.3 Å². The van der Waals surface area contributed by atoms with Crippen molar-refractivity contribution in [3.8, 4) is 11.8 Å². The van der Waals surface area contributed by atoms with E-state index in [1.165, 1.54) is 17.2 Å². The van der Waals surface area contributed by atoms with Gasteiger partial charge in [0.1, 0.15) is 42.1 Å². The van der Waals surface area contributed by atoms with E-state index in [2.05, 4.69) is 31.4 Å². The first kappa shape index (κ1) is 24.6. The van der Waals surface area contributed by atoms with E-state index in [-0.39, 0.29) is 0 Å². The lowest BCUT2D eigenvalue weighted by atomic mass is 10.1. The molecule has 1 aliphatic rings. The Labute approximate surface area is 211 Å². The number of aryl methyl sites for hydroxylation is 2. The fourth-order valence-electron chi connectivity index (χ4n) is 4.40. The summed E-state index contributed by atoms with van der Waals surface area (Å²) in [5, 5.41) is 47.2. The van der Waals surface area contributed by atoms with Crippen LogP contribution in [0.4, 0.5) is 11.6 Å². The number of aliphatic hydroxyl groups excluding tert-OH is 3. The highest BCUT2D eigenvalue weighted by molar-refractivity contribution is 5.82. The summed E-state index contributed by atoms with van der Waals surface area (Å²) in [4.78, 5) is 12.9. The minimum Gasteiger partial charge on any atom is -0.394 e. The number of nitrogens with two attached hydrogens (primary N) is 1. The van der Waals surface area contributed by atoms with Crippen molar-refractivity contribution in [2.24, 2.45) is 0 Å². The average Bonchev–Trinajstić information content (AvgIpc) is 3.56. The Kier molecular flexibility index (Phi) is 6.72. The van der Waals surface area contributed by atoms with E-state index in [1.807, 2.05) is 31.2 Å². The monoisotopic (exact) mass is 505 g/mol. The van der Waals surface area contributed by atoms with Gasteiger partial charge in [0.05, 0.1) is 24.3 Å². The molecule has 192 valence electrons. The van der Waals surface area contributed by atoms with Crippen LogP contribution < -0.4 is 11.1 Å². The number of rotatable bonds is 8. The normalized spacial score (nSPS) is 21.4. The number of aromatic nitrogens is 6. The molecule has 13 nitrogen and oxygen atoms in total. The number of hydrogen-bond acceptors (Lipinski definition) is 11. The van der Waals surface area contributed by atoms with Gasteiger partial charge in [-0.25, -0.2) is 19.6 Å². The molecule has 0 spiro atoms. The summed E-state index contributed by atoms with van der Waals surface area (Å²) in [5.74, 6) is 0.794. The van der Waals surface area contributed by atoms with E-state index in [0.717, 1.165) is 11.3 Å². The van der Waals surface area contributed by atoms with Gasteiger partial charge in [-0.3, -0.25) is 4.57 Å². The molecule has 0 aliphatic carbocycles. The Balaban J connectivity index is 1.27. The molecule has 4 atom stereocenters. The summed E-state index contributed by atoms with van der Waals surface area (Å²) in [6, 6.07) is 9.90. The van der Waals surface area contributed by atoms with Gasteiger partial charge in [-0.2, -0.15) is 10.4 Å². The Morgan fingerprint density at radius 2 is 1.95 bits per heavy atom. The topological polar surface area (TPSA) is 193 Å². The molecule has 0 bridgehead atoms. The van der Waals surface area contributed by atoms with Crippen molar-refractivity contribution >= 4 is 22.8 Å². The third kappa shape index (κ3) is 4.47. The van der Waals surface area contributed by atoms with Crippen molar-refractivity contribution in [2.75, 3.05) is 24.2 Å². The third-order valence-corrected chi connectivity index (χ3v) is 6.42. The molecule has 0 amide bonds. The van der Waals surface area contributed by atoms with Crippen molar-refractivity contribution in [3.63, 3.8) is 0 Å². The molecule has 1 saturated heterocycles. The number of anilines is 2. The summed E-state index contributed by atoms with van der Waals surface area (Å²) in [6.07, 6.45) is -0.357. The fraction of sp³-hybridized carbons (Fsp3) is 0.375. The Morgan fingerprint density at radius 3 is 2.65 bits per heavy atom. The van der Waals surface area contributed by atoms with Crippen LogP contribution in [0.25, 0.3) is 16.9 Å². The van der Waals surface area contributed by atoms with E-state index in [1.54, 1.807) is 4.68 Å². The van der Waals surface area contributed by atoms with Crippen LogP contribution in [0.15, 0.2) is 36.9 Å². The number of fused-ring (bicyclic) bond motifs is 1. The molecule has 4 heterocycles. The smallest absolute Gasteiger partial charge is 0.167 e. The van der Waals surface area contributed by atoms with Gasteiger partial charge in [0.15, 0.2) is 23.2 Å². The predicted octanol–water partition coefficient (Wildman–Crippen LogP) is 0.430. The highest BCUT2D eigenvalue weighted by Gasteiger charge is 2.44. The van der Waals surface area contributed by atoms with Crippen molar-refractivity contribution < 1.29 is 20.1 Å². The molecule has 0 radical (unpaired) electrons. The van der Waals surface area contributed by atoms with Crippen LogP contribution in [0.2, 0.25) is 0 Å². The second-order valence-electron chi connectivity index (χ2n) is 8.87. The number of nitrogens with zero attached hydrogens (tertiary/aromatic N) is 7. The second kappa shape index (κ2) is 10.1. The van der Waals surface area contributed by atoms with Crippen molar-refractivity contribution in [3.05, 3.63) is 53.7 Å². The molecule has 13 heteroatoms. The number of imidazole rings is 1. The first-order valence-corrected chi connectivity index (χ1v) is 11.8. The highest BCUT2D eigenvalue weighted by atomic mass is 16.6. The van der Waals surface area contributed by atoms with E-state index in [4.69, 9.17) is 10.5 Å². The van der Waals surface area contributed by atoms with Gasteiger partial charge in [-0.05, 0) is 31.9 Å². The zero-order chi connectivity index (χ0) is 26.1. The molecular weight excluding hydrogens is 478 g/mol. The van der Waals surface area contributed by atoms with Crippen LogP contribution >= 0.6 is 0 Å². The Hall–Kier alpha value is -4.09. The Bertz CT molecular complexity index is 1440. The zero-order valence-corrected chi connectivity index (χ0v) is 20.1. The van der Waals surface area contributed by atoms with E-state index in [9.17, 15) is 20.6 Å². The van der Waals surface area contributed by atoms with Gasteiger partial charge in [-0.15, -0.1) is 0 Å². The number of nitrogen functional groups attached to an aromatic ring is 1. The Morgan fingerprint density at radius 1 is 1.16 bits per heavy atom. The van der Waals surface area contributed by atoms with E-state index >= 15 is 0 Å². The summed E-state index contributed by atoms with van der Waals surface area (Å²) in [6.45, 7) is 2.08. The number of ether oxygens (including phenoxy) is 1.